The second kappa shape index (κ2) is 11.8. The van der Waals surface area contributed by atoms with Crippen LogP contribution in [0.2, 0.25) is 0 Å². The molecule has 0 unspecified atom stereocenters. The highest BCUT2D eigenvalue weighted by molar-refractivity contribution is 14.0. The van der Waals surface area contributed by atoms with E-state index in [4.69, 9.17) is 9.26 Å². The lowest BCUT2D eigenvalue weighted by molar-refractivity contribution is 0.319. The predicted octanol–water partition coefficient (Wildman–Crippen LogP) is 3.86. The van der Waals surface area contributed by atoms with Gasteiger partial charge in [-0.2, -0.15) is 0 Å². The van der Waals surface area contributed by atoms with Crippen LogP contribution < -0.4 is 15.4 Å². The van der Waals surface area contributed by atoms with Crippen LogP contribution in [0.25, 0.3) is 0 Å². The SMILES string of the molecule is CCNC(=NCc1cc(C(C)C)no1)NCCOc1ccccc1C.I. The molecular weight excluding hydrogens is 443 g/mol. The second-order valence-corrected chi connectivity index (χ2v) is 6.11. The van der Waals surface area contributed by atoms with Crippen LogP contribution in [0.1, 0.15) is 43.7 Å². The van der Waals surface area contributed by atoms with Crippen molar-refractivity contribution in [2.24, 2.45) is 4.99 Å². The van der Waals surface area contributed by atoms with Gasteiger partial charge in [0.15, 0.2) is 11.7 Å². The van der Waals surface area contributed by atoms with Gasteiger partial charge in [0.1, 0.15) is 18.9 Å². The van der Waals surface area contributed by atoms with E-state index in [1.54, 1.807) is 0 Å². The van der Waals surface area contributed by atoms with Crippen molar-refractivity contribution in [1.82, 2.24) is 15.8 Å². The molecule has 0 saturated carbocycles. The van der Waals surface area contributed by atoms with E-state index in [0.29, 0.717) is 25.6 Å². The molecule has 1 heterocycles. The lowest BCUT2D eigenvalue weighted by Crippen LogP contribution is -2.39. The molecule has 0 aliphatic carbocycles. The molecule has 26 heavy (non-hydrogen) atoms. The fourth-order valence-corrected chi connectivity index (χ4v) is 2.22. The molecule has 0 radical (unpaired) electrons. The minimum Gasteiger partial charge on any atom is -0.491 e. The Morgan fingerprint density at radius 2 is 2.04 bits per heavy atom. The van der Waals surface area contributed by atoms with Crippen molar-refractivity contribution in [1.29, 1.82) is 0 Å². The van der Waals surface area contributed by atoms with Crippen LogP contribution in [0.5, 0.6) is 5.75 Å². The quantitative estimate of drug-likeness (QED) is 0.264. The van der Waals surface area contributed by atoms with Crippen LogP contribution in [0, 0.1) is 6.92 Å². The summed E-state index contributed by atoms with van der Waals surface area (Å²) >= 11 is 0. The first-order valence-electron chi connectivity index (χ1n) is 8.76. The molecule has 2 rings (SSSR count). The van der Waals surface area contributed by atoms with Crippen LogP contribution in [-0.4, -0.2) is 30.8 Å². The van der Waals surface area contributed by atoms with Crippen molar-refractivity contribution in [3.05, 3.63) is 47.3 Å². The topological polar surface area (TPSA) is 71.7 Å². The fraction of sp³-hybridized carbons (Fsp3) is 0.474. The van der Waals surface area contributed by atoms with E-state index >= 15 is 0 Å². The summed E-state index contributed by atoms with van der Waals surface area (Å²) in [5.74, 6) is 2.76. The lowest BCUT2D eigenvalue weighted by atomic mass is 10.1. The molecule has 2 N–H and O–H groups in total. The molecule has 144 valence electrons. The Bertz CT molecular complexity index is 686. The molecule has 0 aliphatic rings. The van der Waals surface area contributed by atoms with Crippen molar-refractivity contribution in [3.63, 3.8) is 0 Å². The van der Waals surface area contributed by atoms with Gasteiger partial charge < -0.3 is 19.9 Å². The average molecular weight is 472 g/mol. The summed E-state index contributed by atoms with van der Waals surface area (Å²) in [5.41, 5.74) is 2.09. The molecule has 0 saturated heterocycles. The second-order valence-electron chi connectivity index (χ2n) is 6.11. The van der Waals surface area contributed by atoms with Gasteiger partial charge in [-0.15, -0.1) is 24.0 Å². The third-order valence-corrected chi connectivity index (χ3v) is 3.65. The number of halogens is 1. The number of aliphatic imine (C=N–C) groups is 1. The molecule has 0 spiro atoms. The van der Waals surface area contributed by atoms with Gasteiger partial charge in [-0.1, -0.05) is 37.2 Å². The molecule has 6 nitrogen and oxygen atoms in total. The van der Waals surface area contributed by atoms with E-state index in [-0.39, 0.29) is 24.0 Å². The minimum atomic E-state index is 0. The number of guanidine groups is 1. The molecular formula is C19H29IN4O2. The normalized spacial score (nSPS) is 11.2. The van der Waals surface area contributed by atoms with Crippen molar-refractivity contribution in [3.8, 4) is 5.75 Å². The predicted molar refractivity (Wildman–Crippen MR) is 115 cm³/mol. The van der Waals surface area contributed by atoms with Gasteiger partial charge in [-0.25, -0.2) is 4.99 Å². The molecule has 2 aromatic rings. The standard InChI is InChI=1S/C19H28N4O2.HI/c1-5-20-19(22-13-16-12-17(14(2)3)23-25-16)21-10-11-24-18-9-7-6-8-15(18)4;/h6-9,12,14H,5,10-11,13H2,1-4H3,(H2,20,21,22);1H. The Kier molecular flexibility index (Phi) is 10.1. The molecule has 0 bridgehead atoms. The van der Waals surface area contributed by atoms with E-state index in [1.807, 2.05) is 44.2 Å². The Morgan fingerprint density at radius 1 is 1.27 bits per heavy atom. The van der Waals surface area contributed by atoms with Gasteiger partial charge in [0.05, 0.1) is 12.2 Å². The maximum absolute atomic E-state index is 5.78. The lowest BCUT2D eigenvalue weighted by Gasteiger charge is -2.12. The Labute approximate surface area is 172 Å². The molecule has 0 aliphatic heterocycles. The van der Waals surface area contributed by atoms with Gasteiger partial charge in [-0.3, -0.25) is 0 Å². The van der Waals surface area contributed by atoms with Gasteiger partial charge in [0, 0.05) is 12.6 Å². The number of nitrogens with zero attached hydrogens (tertiary/aromatic N) is 2. The number of aryl methyl sites for hydroxylation is 1. The first kappa shape index (κ1) is 22.3. The smallest absolute Gasteiger partial charge is 0.191 e. The molecule has 0 fully saturated rings. The Morgan fingerprint density at radius 3 is 2.69 bits per heavy atom. The van der Waals surface area contributed by atoms with Gasteiger partial charge >= 0.3 is 0 Å². The number of aromatic nitrogens is 1. The van der Waals surface area contributed by atoms with Crippen molar-refractivity contribution < 1.29 is 9.26 Å². The zero-order chi connectivity index (χ0) is 18.1. The summed E-state index contributed by atoms with van der Waals surface area (Å²) in [6, 6.07) is 9.95. The summed E-state index contributed by atoms with van der Waals surface area (Å²) in [6.45, 7) is 10.7. The largest absolute Gasteiger partial charge is 0.491 e. The monoisotopic (exact) mass is 472 g/mol. The molecule has 1 aromatic carbocycles. The maximum atomic E-state index is 5.78. The highest BCUT2D eigenvalue weighted by atomic mass is 127. The number of para-hydroxylation sites is 1. The highest BCUT2D eigenvalue weighted by Crippen LogP contribution is 2.16. The van der Waals surface area contributed by atoms with Gasteiger partial charge in [-0.05, 0) is 31.4 Å². The van der Waals surface area contributed by atoms with Gasteiger partial charge in [0.25, 0.3) is 0 Å². The first-order chi connectivity index (χ1) is 12.1. The first-order valence-corrected chi connectivity index (χ1v) is 8.76. The number of rotatable bonds is 8. The van der Waals surface area contributed by atoms with Crippen LogP contribution in [0.3, 0.4) is 0 Å². The van der Waals surface area contributed by atoms with Crippen LogP contribution >= 0.6 is 24.0 Å². The maximum Gasteiger partial charge on any atom is 0.191 e. The van der Waals surface area contributed by atoms with E-state index in [2.05, 4.69) is 34.6 Å². The van der Waals surface area contributed by atoms with Crippen LogP contribution in [0.15, 0.2) is 39.8 Å². The van der Waals surface area contributed by atoms with E-state index in [9.17, 15) is 0 Å². The summed E-state index contributed by atoms with van der Waals surface area (Å²) in [5, 5.41) is 10.5. The average Bonchev–Trinajstić information content (AvgIpc) is 3.07. The molecule has 1 aromatic heterocycles. The van der Waals surface area contributed by atoms with Crippen molar-refractivity contribution in [2.45, 2.75) is 40.2 Å². The third kappa shape index (κ3) is 7.23. The van der Waals surface area contributed by atoms with Crippen LogP contribution in [-0.2, 0) is 6.54 Å². The van der Waals surface area contributed by atoms with Crippen LogP contribution in [0.4, 0.5) is 0 Å². The summed E-state index contributed by atoms with van der Waals surface area (Å²) in [7, 11) is 0. The Balaban J connectivity index is 0.00000338. The number of nitrogens with one attached hydrogen (secondary N) is 2. The minimum absolute atomic E-state index is 0. The number of hydrogen-bond acceptors (Lipinski definition) is 4. The van der Waals surface area contributed by atoms with E-state index in [1.165, 1.54) is 0 Å². The highest BCUT2D eigenvalue weighted by Gasteiger charge is 2.07. The third-order valence-electron chi connectivity index (χ3n) is 3.65. The Hall–Kier alpha value is -1.77. The molecule has 0 amide bonds. The fourth-order valence-electron chi connectivity index (χ4n) is 2.22. The summed E-state index contributed by atoms with van der Waals surface area (Å²) in [6.07, 6.45) is 0. The van der Waals surface area contributed by atoms with Crippen molar-refractivity contribution in [2.75, 3.05) is 19.7 Å². The van der Waals surface area contributed by atoms with Crippen molar-refractivity contribution >= 4 is 29.9 Å². The zero-order valence-corrected chi connectivity index (χ0v) is 18.2. The van der Waals surface area contributed by atoms with Gasteiger partial charge in [0.2, 0.25) is 0 Å². The molecule has 7 heteroatoms. The number of benzene rings is 1. The van der Waals surface area contributed by atoms with E-state index in [0.717, 1.165) is 35.3 Å². The number of hydrogen-bond donors (Lipinski definition) is 2. The van der Waals surface area contributed by atoms with E-state index < -0.39 is 0 Å². The number of ether oxygens (including phenoxy) is 1. The molecule has 0 atom stereocenters. The summed E-state index contributed by atoms with van der Waals surface area (Å²) in [4.78, 5) is 4.52. The summed E-state index contributed by atoms with van der Waals surface area (Å²) < 4.78 is 11.1. The zero-order valence-electron chi connectivity index (χ0n) is 15.9.